The van der Waals surface area contributed by atoms with Crippen LogP contribution in [0.25, 0.3) is 0 Å². The molecule has 2 rings (SSSR count). The Morgan fingerprint density at radius 3 is 2.77 bits per heavy atom. The van der Waals surface area contributed by atoms with E-state index in [1.807, 2.05) is 0 Å². The molecule has 1 aliphatic heterocycles. The Balaban J connectivity index is 1.80. The highest BCUT2D eigenvalue weighted by Crippen LogP contribution is 2.29. The van der Waals surface area contributed by atoms with Crippen molar-refractivity contribution in [2.45, 2.75) is 37.8 Å². The third-order valence-electron chi connectivity index (χ3n) is 2.84. The highest BCUT2D eigenvalue weighted by molar-refractivity contribution is 5.64. The van der Waals surface area contributed by atoms with Crippen LogP contribution in [0.5, 0.6) is 0 Å². The second kappa shape index (κ2) is 3.54. The van der Waals surface area contributed by atoms with Gasteiger partial charge in [0, 0.05) is 18.6 Å². The number of carboxylic acid groups (broad SMARTS) is 1. The van der Waals surface area contributed by atoms with Gasteiger partial charge in [-0.1, -0.05) is 0 Å². The summed E-state index contributed by atoms with van der Waals surface area (Å²) in [7, 11) is 0. The molecule has 1 heterocycles. The van der Waals surface area contributed by atoms with Gasteiger partial charge in [0.1, 0.15) is 0 Å². The molecule has 4 heteroatoms. The molecule has 1 aliphatic carbocycles. The zero-order chi connectivity index (χ0) is 9.26. The number of likely N-dealkylation sites (tertiary alicyclic amines) is 1. The average molecular weight is 184 g/mol. The second-order valence-electron chi connectivity index (χ2n) is 4.01. The van der Waals surface area contributed by atoms with Crippen molar-refractivity contribution in [1.29, 1.82) is 0 Å². The lowest BCUT2D eigenvalue weighted by Gasteiger charge is -2.32. The summed E-state index contributed by atoms with van der Waals surface area (Å²) in [6.45, 7) is 2.07. The number of hydrogen-bond donors (Lipinski definition) is 2. The van der Waals surface area contributed by atoms with E-state index in [4.69, 9.17) is 5.11 Å². The Morgan fingerprint density at radius 2 is 2.15 bits per heavy atom. The molecular formula is C9H16N2O2. The Kier molecular flexibility index (Phi) is 2.40. The zero-order valence-electron chi connectivity index (χ0n) is 7.70. The van der Waals surface area contributed by atoms with Gasteiger partial charge in [-0.15, -0.1) is 0 Å². The van der Waals surface area contributed by atoms with E-state index < -0.39 is 6.09 Å². The van der Waals surface area contributed by atoms with Crippen LogP contribution in [0, 0.1) is 0 Å². The van der Waals surface area contributed by atoms with Gasteiger partial charge < -0.3 is 10.4 Å². The van der Waals surface area contributed by atoms with E-state index >= 15 is 0 Å². The van der Waals surface area contributed by atoms with Crippen LogP contribution in [0.3, 0.4) is 0 Å². The molecule has 1 amide bonds. The molecule has 74 valence electrons. The Hall–Kier alpha value is -0.770. The van der Waals surface area contributed by atoms with Gasteiger partial charge in [0.05, 0.1) is 0 Å². The van der Waals surface area contributed by atoms with Crippen molar-refractivity contribution in [3.63, 3.8) is 0 Å². The van der Waals surface area contributed by atoms with Crippen molar-refractivity contribution in [1.82, 2.24) is 10.2 Å². The molecule has 0 bridgehead atoms. The van der Waals surface area contributed by atoms with Gasteiger partial charge in [-0.25, -0.2) is 4.79 Å². The van der Waals surface area contributed by atoms with Crippen LogP contribution in [0.1, 0.15) is 25.7 Å². The van der Waals surface area contributed by atoms with E-state index in [2.05, 4.69) is 10.2 Å². The summed E-state index contributed by atoms with van der Waals surface area (Å²) in [5.74, 6) is 0. The van der Waals surface area contributed by atoms with Crippen molar-refractivity contribution in [2.24, 2.45) is 0 Å². The molecule has 1 saturated heterocycles. The van der Waals surface area contributed by atoms with Crippen molar-refractivity contribution in [3.8, 4) is 0 Å². The minimum absolute atomic E-state index is 0.159. The third-order valence-corrected chi connectivity index (χ3v) is 2.84. The van der Waals surface area contributed by atoms with E-state index in [-0.39, 0.29) is 6.04 Å². The van der Waals surface area contributed by atoms with Gasteiger partial charge in [-0.3, -0.25) is 4.90 Å². The van der Waals surface area contributed by atoms with Gasteiger partial charge in [0.2, 0.25) is 0 Å². The lowest BCUT2D eigenvalue weighted by Crippen LogP contribution is -2.47. The first-order valence-electron chi connectivity index (χ1n) is 4.99. The number of piperidine rings is 1. The number of nitrogens with zero attached hydrogens (tertiary/aromatic N) is 1. The SMILES string of the molecule is O=C(O)NC1CCCN(C2CC2)C1. The molecule has 2 aliphatic rings. The number of hydrogen-bond acceptors (Lipinski definition) is 2. The van der Waals surface area contributed by atoms with Gasteiger partial charge in [0.25, 0.3) is 0 Å². The molecule has 0 aromatic rings. The van der Waals surface area contributed by atoms with Gasteiger partial charge >= 0.3 is 6.09 Å². The molecule has 0 radical (unpaired) electrons. The first kappa shape index (κ1) is 8.81. The molecule has 0 spiro atoms. The molecule has 1 atom stereocenters. The van der Waals surface area contributed by atoms with Crippen LogP contribution < -0.4 is 5.32 Å². The van der Waals surface area contributed by atoms with E-state index in [9.17, 15) is 4.79 Å². The van der Waals surface area contributed by atoms with Crippen LogP contribution in [0.15, 0.2) is 0 Å². The predicted octanol–water partition coefficient (Wildman–Crippen LogP) is 0.881. The highest BCUT2D eigenvalue weighted by Gasteiger charge is 2.32. The quantitative estimate of drug-likeness (QED) is 0.670. The topological polar surface area (TPSA) is 52.6 Å². The summed E-state index contributed by atoms with van der Waals surface area (Å²) >= 11 is 0. The molecule has 0 aromatic heterocycles. The first-order chi connectivity index (χ1) is 6.25. The molecule has 0 aromatic carbocycles. The van der Waals surface area contributed by atoms with Crippen molar-refractivity contribution >= 4 is 6.09 Å². The summed E-state index contributed by atoms with van der Waals surface area (Å²) in [6.07, 6.45) is 3.85. The van der Waals surface area contributed by atoms with Crippen LogP contribution in [-0.4, -0.2) is 41.3 Å². The molecule has 4 nitrogen and oxygen atoms in total. The maximum atomic E-state index is 10.4. The number of amides is 1. The molecular weight excluding hydrogens is 168 g/mol. The molecule has 2 fully saturated rings. The van der Waals surface area contributed by atoms with Crippen molar-refractivity contribution < 1.29 is 9.90 Å². The maximum absolute atomic E-state index is 10.4. The van der Waals surface area contributed by atoms with Gasteiger partial charge in [-0.2, -0.15) is 0 Å². The summed E-state index contributed by atoms with van der Waals surface area (Å²) in [4.78, 5) is 12.9. The van der Waals surface area contributed by atoms with E-state index in [1.54, 1.807) is 0 Å². The summed E-state index contributed by atoms with van der Waals surface area (Å²) < 4.78 is 0. The third kappa shape index (κ3) is 2.34. The Morgan fingerprint density at radius 1 is 1.38 bits per heavy atom. The van der Waals surface area contributed by atoms with Crippen molar-refractivity contribution in [3.05, 3.63) is 0 Å². The van der Waals surface area contributed by atoms with Crippen LogP contribution in [0.4, 0.5) is 4.79 Å². The molecule has 1 saturated carbocycles. The zero-order valence-corrected chi connectivity index (χ0v) is 7.70. The fourth-order valence-corrected chi connectivity index (χ4v) is 2.07. The van der Waals surface area contributed by atoms with Gasteiger partial charge in [0.15, 0.2) is 0 Å². The highest BCUT2D eigenvalue weighted by atomic mass is 16.4. The van der Waals surface area contributed by atoms with Crippen LogP contribution >= 0.6 is 0 Å². The fourth-order valence-electron chi connectivity index (χ4n) is 2.07. The molecule has 1 unspecified atom stereocenters. The minimum atomic E-state index is -0.886. The number of carbonyl (C=O) groups is 1. The van der Waals surface area contributed by atoms with Crippen molar-refractivity contribution in [2.75, 3.05) is 13.1 Å². The lowest BCUT2D eigenvalue weighted by molar-refractivity contribution is 0.159. The van der Waals surface area contributed by atoms with E-state index in [0.717, 1.165) is 32.0 Å². The average Bonchev–Trinajstić information content (AvgIpc) is 2.85. The predicted molar refractivity (Wildman–Crippen MR) is 48.8 cm³/mol. The van der Waals surface area contributed by atoms with E-state index in [0.29, 0.717) is 0 Å². The van der Waals surface area contributed by atoms with Crippen LogP contribution in [-0.2, 0) is 0 Å². The number of rotatable bonds is 2. The number of nitrogens with one attached hydrogen (secondary N) is 1. The smallest absolute Gasteiger partial charge is 0.404 e. The lowest BCUT2D eigenvalue weighted by atomic mass is 10.1. The maximum Gasteiger partial charge on any atom is 0.404 e. The minimum Gasteiger partial charge on any atom is -0.465 e. The molecule has 2 N–H and O–H groups in total. The summed E-state index contributed by atoms with van der Waals surface area (Å²) in [5.41, 5.74) is 0. The Bertz CT molecular complexity index is 204. The largest absolute Gasteiger partial charge is 0.465 e. The summed E-state index contributed by atoms with van der Waals surface area (Å²) in [5, 5.41) is 11.1. The monoisotopic (exact) mass is 184 g/mol. The first-order valence-corrected chi connectivity index (χ1v) is 4.99. The molecule has 13 heavy (non-hydrogen) atoms. The summed E-state index contributed by atoms with van der Waals surface area (Å²) in [6, 6.07) is 0.922. The Labute approximate surface area is 77.9 Å². The van der Waals surface area contributed by atoms with Crippen LogP contribution in [0.2, 0.25) is 0 Å². The standard InChI is InChI=1S/C9H16N2O2/c12-9(13)10-7-2-1-5-11(6-7)8-3-4-8/h7-8,10H,1-6H2,(H,12,13). The fraction of sp³-hybridized carbons (Fsp3) is 0.889. The van der Waals surface area contributed by atoms with E-state index in [1.165, 1.54) is 12.8 Å². The normalized spacial score (nSPS) is 30.0. The second-order valence-corrected chi connectivity index (χ2v) is 4.01. The van der Waals surface area contributed by atoms with Gasteiger partial charge in [-0.05, 0) is 32.2 Å².